The molecular weight excluding hydrogens is 300 g/mol. The van der Waals surface area contributed by atoms with Crippen LogP contribution in [-0.2, 0) is 0 Å². The van der Waals surface area contributed by atoms with Crippen LogP contribution >= 0.6 is 0 Å². The average Bonchev–Trinajstić information content (AvgIpc) is 2.86. The topological polar surface area (TPSA) is 29.5 Å². The zero-order valence-electron chi connectivity index (χ0n) is 14.0. The number of halogens is 2. The highest BCUT2D eigenvalue weighted by Gasteiger charge is 2.67. The Bertz CT molecular complexity index is 652. The number of nitrogens with zero attached hydrogens (tertiary/aromatic N) is 1. The molecule has 0 bridgehead atoms. The third-order valence-electron chi connectivity index (χ3n) is 5.20. The van der Waals surface area contributed by atoms with Crippen LogP contribution in [-0.4, -0.2) is 30.5 Å². The Hall–Kier alpha value is -2.09. The van der Waals surface area contributed by atoms with Crippen molar-refractivity contribution in [1.29, 1.82) is 0 Å². The van der Waals surface area contributed by atoms with Crippen molar-refractivity contribution in [2.24, 2.45) is 10.8 Å². The summed E-state index contributed by atoms with van der Waals surface area (Å²) in [6.07, 6.45) is 5.00. The lowest BCUT2D eigenvalue weighted by Gasteiger charge is -2.20. The first-order valence-electron chi connectivity index (χ1n) is 7.38. The first-order chi connectivity index (χ1) is 10.6. The van der Waals surface area contributed by atoms with E-state index in [1.807, 2.05) is 0 Å². The molecular formula is C18H21F2NO2. The Kier molecular flexibility index (Phi) is 4.14. The minimum Gasteiger partial charge on any atom is -0.475 e. The van der Waals surface area contributed by atoms with Gasteiger partial charge in [0, 0.05) is 18.7 Å². The van der Waals surface area contributed by atoms with Crippen LogP contribution in [0.2, 0.25) is 0 Å². The summed E-state index contributed by atoms with van der Waals surface area (Å²) >= 11 is 0. The first kappa shape index (κ1) is 17.3. The summed E-state index contributed by atoms with van der Waals surface area (Å²) in [6.45, 7) is 8.03. The lowest BCUT2D eigenvalue weighted by atomic mass is 10.0. The molecule has 1 aliphatic rings. The summed E-state index contributed by atoms with van der Waals surface area (Å²) in [5, 5.41) is 0. The van der Waals surface area contributed by atoms with Gasteiger partial charge in [-0.3, -0.25) is 4.79 Å². The highest BCUT2D eigenvalue weighted by atomic mass is 19.1. The van der Waals surface area contributed by atoms with E-state index in [1.54, 1.807) is 11.9 Å². The summed E-state index contributed by atoms with van der Waals surface area (Å²) in [6, 6.07) is 1.97. The standard InChI is InChI=1S/C18H21F2NO2/c1-7-8-23-14-12(19)9-11(10-13(14)20)15(22)21(6)16-17(2,3)18(16,4)5/h1,9-10,16H,8H2,2-6H3. The molecule has 1 fully saturated rings. The predicted octanol–water partition coefficient (Wildman–Crippen LogP) is 3.48. The first-order valence-corrected chi connectivity index (χ1v) is 7.38. The van der Waals surface area contributed by atoms with Crippen LogP contribution in [0.4, 0.5) is 8.78 Å². The van der Waals surface area contributed by atoms with Crippen LogP contribution in [0.3, 0.4) is 0 Å². The van der Waals surface area contributed by atoms with E-state index in [9.17, 15) is 13.6 Å². The summed E-state index contributed by atoms with van der Waals surface area (Å²) in [5.74, 6) is -0.723. The number of hydrogen-bond donors (Lipinski definition) is 0. The molecule has 124 valence electrons. The summed E-state index contributed by atoms with van der Waals surface area (Å²) in [7, 11) is 1.65. The van der Waals surface area contributed by atoms with Crippen LogP contribution in [0.5, 0.6) is 5.75 Å². The second-order valence-corrected chi connectivity index (χ2v) is 7.02. The highest BCUT2D eigenvalue weighted by molar-refractivity contribution is 5.95. The Morgan fingerprint density at radius 2 is 1.74 bits per heavy atom. The van der Waals surface area contributed by atoms with Crippen molar-refractivity contribution in [2.45, 2.75) is 33.7 Å². The number of terminal acetylenes is 1. The molecule has 0 atom stereocenters. The molecule has 0 saturated heterocycles. The van der Waals surface area contributed by atoms with Gasteiger partial charge < -0.3 is 9.64 Å². The number of ether oxygens (including phenoxy) is 1. The van der Waals surface area contributed by atoms with E-state index in [0.29, 0.717) is 0 Å². The molecule has 1 aromatic rings. The molecule has 2 rings (SSSR count). The Balaban J connectivity index is 2.26. The van der Waals surface area contributed by atoms with E-state index in [0.717, 1.165) is 12.1 Å². The minimum absolute atomic E-state index is 0.00555. The van der Waals surface area contributed by atoms with E-state index in [4.69, 9.17) is 11.2 Å². The van der Waals surface area contributed by atoms with Gasteiger partial charge in [0.1, 0.15) is 6.61 Å². The molecule has 1 saturated carbocycles. The van der Waals surface area contributed by atoms with Crippen LogP contribution in [0.25, 0.3) is 0 Å². The molecule has 0 aliphatic heterocycles. The normalized spacial score (nSPS) is 18.2. The maximum Gasteiger partial charge on any atom is 0.254 e. The fraction of sp³-hybridized carbons (Fsp3) is 0.500. The number of hydrogen-bond acceptors (Lipinski definition) is 2. The van der Waals surface area contributed by atoms with Gasteiger partial charge in [0.2, 0.25) is 0 Å². The second kappa shape index (κ2) is 5.52. The maximum atomic E-state index is 14.0. The van der Waals surface area contributed by atoms with Crippen molar-refractivity contribution in [3.05, 3.63) is 29.3 Å². The zero-order valence-corrected chi connectivity index (χ0v) is 14.0. The fourth-order valence-corrected chi connectivity index (χ4v) is 3.39. The van der Waals surface area contributed by atoms with Crippen molar-refractivity contribution in [3.8, 4) is 18.1 Å². The third kappa shape index (κ3) is 2.67. The minimum atomic E-state index is -0.939. The van der Waals surface area contributed by atoms with Crippen molar-refractivity contribution in [1.82, 2.24) is 4.90 Å². The van der Waals surface area contributed by atoms with Crippen LogP contribution < -0.4 is 4.74 Å². The Labute approximate surface area is 135 Å². The van der Waals surface area contributed by atoms with Gasteiger partial charge in [-0.05, 0) is 23.0 Å². The van der Waals surface area contributed by atoms with Gasteiger partial charge in [0.15, 0.2) is 17.4 Å². The van der Waals surface area contributed by atoms with Gasteiger partial charge in [0.05, 0.1) is 0 Å². The number of benzene rings is 1. The molecule has 1 aromatic carbocycles. The number of rotatable bonds is 4. The predicted molar refractivity (Wildman–Crippen MR) is 84.1 cm³/mol. The van der Waals surface area contributed by atoms with Gasteiger partial charge in [-0.1, -0.05) is 33.6 Å². The van der Waals surface area contributed by atoms with Gasteiger partial charge in [-0.2, -0.15) is 0 Å². The summed E-state index contributed by atoms with van der Waals surface area (Å²) in [4.78, 5) is 14.1. The third-order valence-corrected chi connectivity index (χ3v) is 5.20. The van der Waals surface area contributed by atoms with Gasteiger partial charge in [-0.25, -0.2) is 8.78 Å². The van der Waals surface area contributed by atoms with Gasteiger partial charge in [-0.15, -0.1) is 6.42 Å². The van der Waals surface area contributed by atoms with Crippen LogP contribution in [0, 0.1) is 34.8 Å². The van der Waals surface area contributed by atoms with E-state index in [2.05, 4.69) is 33.6 Å². The number of carbonyl (C=O) groups excluding carboxylic acids is 1. The molecule has 0 spiro atoms. The quantitative estimate of drug-likeness (QED) is 0.795. The van der Waals surface area contributed by atoms with E-state index in [1.165, 1.54) is 0 Å². The van der Waals surface area contributed by atoms with E-state index in [-0.39, 0.29) is 29.0 Å². The van der Waals surface area contributed by atoms with Crippen LogP contribution in [0.1, 0.15) is 38.1 Å². The maximum absolute atomic E-state index is 14.0. The summed E-state index contributed by atoms with van der Waals surface area (Å²) < 4.78 is 32.8. The lowest BCUT2D eigenvalue weighted by molar-refractivity contribution is 0.0757. The SMILES string of the molecule is C#CCOc1c(F)cc(C(=O)N(C)C2C(C)(C)C2(C)C)cc1F. The molecule has 0 radical (unpaired) electrons. The largest absolute Gasteiger partial charge is 0.475 e. The van der Waals surface area contributed by atoms with Gasteiger partial charge in [0.25, 0.3) is 5.91 Å². The second-order valence-electron chi connectivity index (χ2n) is 7.02. The van der Waals surface area contributed by atoms with E-state index >= 15 is 0 Å². The molecule has 1 amide bonds. The molecule has 1 aliphatic carbocycles. The van der Waals surface area contributed by atoms with E-state index < -0.39 is 23.3 Å². The average molecular weight is 321 g/mol. The van der Waals surface area contributed by atoms with Crippen LogP contribution in [0.15, 0.2) is 12.1 Å². The molecule has 0 N–H and O–H groups in total. The molecule has 0 aromatic heterocycles. The van der Waals surface area contributed by atoms with Crippen molar-refractivity contribution < 1.29 is 18.3 Å². The smallest absolute Gasteiger partial charge is 0.254 e. The van der Waals surface area contributed by atoms with Crippen molar-refractivity contribution >= 4 is 5.91 Å². The monoisotopic (exact) mass is 321 g/mol. The lowest BCUT2D eigenvalue weighted by Crippen LogP contribution is -2.32. The van der Waals surface area contributed by atoms with Crippen molar-refractivity contribution in [3.63, 3.8) is 0 Å². The van der Waals surface area contributed by atoms with Gasteiger partial charge >= 0.3 is 0 Å². The number of carbonyl (C=O) groups is 1. The van der Waals surface area contributed by atoms with Crippen molar-refractivity contribution in [2.75, 3.05) is 13.7 Å². The number of amides is 1. The summed E-state index contributed by atoms with van der Waals surface area (Å²) in [5.41, 5.74) is -0.150. The molecule has 3 nitrogen and oxygen atoms in total. The fourth-order valence-electron chi connectivity index (χ4n) is 3.39. The Morgan fingerprint density at radius 1 is 1.26 bits per heavy atom. The Morgan fingerprint density at radius 3 is 2.13 bits per heavy atom. The zero-order chi connectivity index (χ0) is 17.6. The molecule has 0 heterocycles. The molecule has 23 heavy (non-hydrogen) atoms. The highest BCUT2D eigenvalue weighted by Crippen LogP contribution is 2.65. The molecule has 0 unspecified atom stereocenters. The molecule has 5 heteroatoms.